The molecule has 0 bridgehead atoms. The minimum atomic E-state index is -0.0428. The molecule has 0 radical (unpaired) electrons. The van der Waals surface area contributed by atoms with Crippen molar-refractivity contribution in [2.45, 2.75) is 19.5 Å². The highest BCUT2D eigenvalue weighted by Gasteiger charge is 2.30. The van der Waals surface area contributed by atoms with Gasteiger partial charge in [0.05, 0.1) is 6.54 Å². The van der Waals surface area contributed by atoms with Crippen molar-refractivity contribution in [1.29, 1.82) is 0 Å². The smallest absolute Gasteiger partial charge is 0.275 e. The van der Waals surface area contributed by atoms with E-state index < -0.39 is 0 Å². The summed E-state index contributed by atoms with van der Waals surface area (Å²) in [6.07, 6.45) is 0.738. The highest BCUT2D eigenvalue weighted by atomic mass is 35.5. The van der Waals surface area contributed by atoms with E-state index in [1.807, 2.05) is 65.6 Å². The number of carbonyl (C=O) groups excluding carboxylic acids is 1. The molecule has 0 unspecified atom stereocenters. The van der Waals surface area contributed by atoms with Gasteiger partial charge in [-0.15, -0.1) is 0 Å². The van der Waals surface area contributed by atoms with Crippen LogP contribution in [0.2, 0.25) is 5.15 Å². The van der Waals surface area contributed by atoms with Crippen molar-refractivity contribution < 1.29 is 4.79 Å². The quantitative estimate of drug-likeness (QED) is 0.717. The van der Waals surface area contributed by atoms with Crippen LogP contribution in [0.5, 0.6) is 0 Å². The van der Waals surface area contributed by atoms with Crippen LogP contribution in [0.4, 0.5) is 0 Å². The van der Waals surface area contributed by atoms with Gasteiger partial charge in [-0.05, 0) is 17.5 Å². The van der Waals surface area contributed by atoms with Crippen molar-refractivity contribution in [3.63, 3.8) is 0 Å². The van der Waals surface area contributed by atoms with E-state index in [1.54, 1.807) is 4.68 Å². The molecule has 2 heterocycles. The Morgan fingerprint density at radius 1 is 0.920 bits per heavy atom. The number of halogens is 1. The molecule has 3 aromatic rings. The number of nitrogens with zero attached hydrogens (tertiary/aromatic N) is 3. The van der Waals surface area contributed by atoms with Crippen LogP contribution in [0.25, 0.3) is 0 Å². The molecular weight excluding hydrogens is 334 g/mol. The molecule has 5 heteroatoms. The van der Waals surface area contributed by atoms with Crippen LogP contribution in [0.3, 0.4) is 0 Å². The summed E-state index contributed by atoms with van der Waals surface area (Å²) >= 11 is 6.50. The van der Waals surface area contributed by atoms with Gasteiger partial charge in [0.2, 0.25) is 0 Å². The molecule has 2 aromatic carbocycles. The molecule has 126 valence electrons. The predicted octanol–water partition coefficient (Wildman–Crippen LogP) is 3.78. The zero-order valence-electron chi connectivity index (χ0n) is 13.7. The van der Waals surface area contributed by atoms with E-state index in [-0.39, 0.29) is 5.91 Å². The van der Waals surface area contributed by atoms with E-state index in [4.69, 9.17) is 11.6 Å². The number of benzene rings is 2. The summed E-state index contributed by atoms with van der Waals surface area (Å²) in [6, 6.07) is 20.0. The average molecular weight is 352 g/mol. The van der Waals surface area contributed by atoms with E-state index in [1.165, 1.54) is 0 Å². The molecule has 0 spiro atoms. The lowest BCUT2D eigenvalue weighted by Crippen LogP contribution is -2.37. The predicted molar refractivity (Wildman–Crippen MR) is 97.7 cm³/mol. The second-order valence-corrected chi connectivity index (χ2v) is 6.58. The minimum absolute atomic E-state index is 0.0428. The molecule has 1 aromatic heterocycles. The van der Waals surface area contributed by atoms with Crippen LogP contribution in [0, 0.1) is 0 Å². The summed E-state index contributed by atoms with van der Waals surface area (Å²) < 4.78 is 1.73. The lowest BCUT2D eigenvalue weighted by Gasteiger charge is -2.26. The number of rotatable bonds is 4. The van der Waals surface area contributed by atoms with E-state index in [0.717, 1.165) is 23.1 Å². The van der Waals surface area contributed by atoms with Crippen LogP contribution < -0.4 is 0 Å². The van der Waals surface area contributed by atoms with Gasteiger partial charge in [-0.1, -0.05) is 72.3 Å². The fourth-order valence-electron chi connectivity index (χ4n) is 3.19. The first-order chi connectivity index (χ1) is 12.2. The Hall–Kier alpha value is -2.59. The van der Waals surface area contributed by atoms with E-state index in [9.17, 15) is 4.79 Å². The third kappa shape index (κ3) is 3.17. The van der Waals surface area contributed by atoms with Crippen molar-refractivity contribution in [3.8, 4) is 0 Å². The highest BCUT2D eigenvalue weighted by molar-refractivity contribution is 6.31. The topological polar surface area (TPSA) is 38.1 Å². The Morgan fingerprint density at radius 3 is 2.16 bits per heavy atom. The number of carbonyl (C=O) groups is 1. The molecule has 0 fully saturated rings. The molecule has 0 saturated heterocycles. The van der Waals surface area contributed by atoms with E-state index in [0.29, 0.717) is 30.5 Å². The second-order valence-electron chi connectivity index (χ2n) is 6.22. The molecule has 0 aliphatic carbocycles. The van der Waals surface area contributed by atoms with Gasteiger partial charge in [0.25, 0.3) is 5.91 Å². The first kappa shape index (κ1) is 15.9. The van der Waals surface area contributed by atoms with Crippen LogP contribution in [-0.2, 0) is 19.5 Å². The Labute approximate surface area is 151 Å². The standard InChI is InChI=1S/C20H18ClN3O/c21-19-17-11-12-23(13-15-7-3-1-4-8-15)20(25)18(17)22-24(19)14-16-9-5-2-6-10-16/h1-10H,11-14H2. The number of amides is 1. The molecule has 0 N–H and O–H groups in total. The normalized spacial score (nSPS) is 13.8. The van der Waals surface area contributed by atoms with Crippen molar-refractivity contribution in [3.05, 3.63) is 88.2 Å². The number of hydrogen-bond donors (Lipinski definition) is 0. The molecule has 0 saturated carbocycles. The number of fused-ring (bicyclic) bond motifs is 1. The van der Waals surface area contributed by atoms with Gasteiger partial charge < -0.3 is 4.90 Å². The molecule has 1 aliphatic heterocycles. The molecular formula is C20H18ClN3O. The van der Waals surface area contributed by atoms with Crippen molar-refractivity contribution >= 4 is 17.5 Å². The second kappa shape index (κ2) is 6.73. The minimum Gasteiger partial charge on any atom is -0.333 e. The summed E-state index contributed by atoms with van der Waals surface area (Å²) in [5, 5.41) is 5.09. The van der Waals surface area contributed by atoms with Crippen LogP contribution >= 0.6 is 11.6 Å². The van der Waals surface area contributed by atoms with Gasteiger partial charge in [0.15, 0.2) is 5.69 Å². The van der Waals surface area contributed by atoms with Crippen molar-refractivity contribution in [2.75, 3.05) is 6.54 Å². The van der Waals surface area contributed by atoms with Crippen LogP contribution in [-0.4, -0.2) is 27.1 Å². The monoisotopic (exact) mass is 351 g/mol. The maximum absolute atomic E-state index is 12.8. The summed E-state index contributed by atoms with van der Waals surface area (Å²) in [5.74, 6) is -0.0428. The van der Waals surface area contributed by atoms with Crippen LogP contribution in [0.1, 0.15) is 27.2 Å². The number of aromatic nitrogens is 2. The number of hydrogen-bond acceptors (Lipinski definition) is 2. The lowest BCUT2D eigenvalue weighted by atomic mass is 10.1. The molecule has 1 aliphatic rings. The molecule has 1 amide bonds. The van der Waals surface area contributed by atoms with Crippen LogP contribution in [0.15, 0.2) is 60.7 Å². The summed E-state index contributed by atoms with van der Waals surface area (Å²) in [5.41, 5.74) is 3.59. The Balaban J connectivity index is 1.58. The fourth-order valence-corrected chi connectivity index (χ4v) is 3.47. The Morgan fingerprint density at radius 2 is 1.52 bits per heavy atom. The zero-order chi connectivity index (χ0) is 17.2. The van der Waals surface area contributed by atoms with Gasteiger partial charge >= 0.3 is 0 Å². The first-order valence-electron chi connectivity index (χ1n) is 8.34. The highest BCUT2D eigenvalue weighted by Crippen LogP contribution is 2.27. The Bertz CT molecular complexity index is 890. The molecule has 4 nitrogen and oxygen atoms in total. The molecule has 4 rings (SSSR count). The Kier molecular flexibility index (Phi) is 4.28. The fraction of sp³-hybridized carbons (Fsp3) is 0.200. The van der Waals surface area contributed by atoms with Gasteiger partial charge in [0.1, 0.15) is 5.15 Å². The maximum atomic E-state index is 12.8. The molecule has 0 atom stereocenters. The van der Waals surface area contributed by atoms with Gasteiger partial charge in [-0.2, -0.15) is 5.10 Å². The molecule has 25 heavy (non-hydrogen) atoms. The summed E-state index contributed by atoms with van der Waals surface area (Å²) in [7, 11) is 0. The van der Waals surface area contributed by atoms with Crippen molar-refractivity contribution in [2.24, 2.45) is 0 Å². The van der Waals surface area contributed by atoms with E-state index in [2.05, 4.69) is 5.10 Å². The van der Waals surface area contributed by atoms with E-state index >= 15 is 0 Å². The average Bonchev–Trinajstić information content (AvgIpc) is 2.96. The third-order valence-corrected chi connectivity index (χ3v) is 4.92. The SMILES string of the molecule is O=C1c2nn(Cc3ccccc3)c(Cl)c2CCN1Cc1ccccc1. The maximum Gasteiger partial charge on any atom is 0.275 e. The zero-order valence-corrected chi connectivity index (χ0v) is 14.5. The van der Waals surface area contributed by atoms with Gasteiger partial charge in [0, 0.05) is 18.7 Å². The summed E-state index contributed by atoms with van der Waals surface area (Å²) in [6.45, 7) is 1.83. The van der Waals surface area contributed by atoms with Gasteiger partial charge in [-0.3, -0.25) is 4.79 Å². The van der Waals surface area contributed by atoms with Gasteiger partial charge in [-0.25, -0.2) is 4.68 Å². The third-order valence-electron chi connectivity index (χ3n) is 4.50. The first-order valence-corrected chi connectivity index (χ1v) is 8.72. The largest absolute Gasteiger partial charge is 0.333 e. The summed E-state index contributed by atoms with van der Waals surface area (Å²) in [4.78, 5) is 14.7. The lowest BCUT2D eigenvalue weighted by molar-refractivity contribution is 0.0720. The van der Waals surface area contributed by atoms with Crippen molar-refractivity contribution in [1.82, 2.24) is 14.7 Å².